The molecular weight excluding hydrogens is 356 g/mol. The van der Waals surface area contributed by atoms with Crippen LogP contribution in [0.4, 0.5) is 0 Å². The van der Waals surface area contributed by atoms with E-state index in [9.17, 15) is 0 Å². The van der Waals surface area contributed by atoms with Crippen LogP contribution in [-0.4, -0.2) is 44.7 Å². The van der Waals surface area contributed by atoms with E-state index in [0.29, 0.717) is 5.92 Å². The lowest BCUT2D eigenvalue weighted by Gasteiger charge is -2.32. The van der Waals surface area contributed by atoms with Crippen molar-refractivity contribution in [3.8, 4) is 5.75 Å². The van der Waals surface area contributed by atoms with Crippen molar-refractivity contribution in [2.45, 2.75) is 25.9 Å². The van der Waals surface area contributed by atoms with Crippen LogP contribution in [0.5, 0.6) is 5.75 Å². The summed E-state index contributed by atoms with van der Waals surface area (Å²) in [6, 6.07) is 12.5. The molecular formula is C21H30N4OS. The van der Waals surface area contributed by atoms with Gasteiger partial charge in [-0.25, -0.2) is 0 Å². The third-order valence-electron chi connectivity index (χ3n) is 5.04. The minimum atomic E-state index is 0.708. The van der Waals surface area contributed by atoms with Gasteiger partial charge in [0.1, 0.15) is 5.75 Å². The number of hydrogen-bond donors (Lipinski definition) is 2. The van der Waals surface area contributed by atoms with Gasteiger partial charge in [-0.1, -0.05) is 18.2 Å². The van der Waals surface area contributed by atoms with E-state index < -0.39 is 0 Å². The van der Waals surface area contributed by atoms with Gasteiger partial charge in [0.15, 0.2) is 5.96 Å². The fourth-order valence-electron chi connectivity index (χ4n) is 3.40. The number of nitrogens with one attached hydrogen (secondary N) is 2. The molecule has 1 aliphatic heterocycles. The number of benzene rings is 1. The maximum Gasteiger partial charge on any atom is 0.191 e. The number of methoxy groups -OCH3 is 1. The van der Waals surface area contributed by atoms with Crippen molar-refractivity contribution >= 4 is 17.3 Å². The first kappa shape index (κ1) is 19.7. The highest BCUT2D eigenvalue weighted by molar-refractivity contribution is 7.09. The lowest BCUT2D eigenvalue weighted by Crippen LogP contribution is -2.42. The van der Waals surface area contributed by atoms with E-state index in [1.54, 1.807) is 7.11 Å². The van der Waals surface area contributed by atoms with Crippen LogP contribution in [0.25, 0.3) is 0 Å². The van der Waals surface area contributed by atoms with Gasteiger partial charge in [0, 0.05) is 31.6 Å². The molecule has 6 heteroatoms. The van der Waals surface area contributed by atoms with Gasteiger partial charge in [-0.05, 0) is 61.0 Å². The van der Waals surface area contributed by atoms with Crippen LogP contribution in [0, 0.1) is 5.92 Å². The van der Waals surface area contributed by atoms with Crippen LogP contribution >= 0.6 is 11.3 Å². The number of thiophene rings is 1. The van der Waals surface area contributed by atoms with Gasteiger partial charge in [-0.3, -0.25) is 9.89 Å². The van der Waals surface area contributed by atoms with E-state index in [1.807, 2.05) is 36.6 Å². The highest BCUT2D eigenvalue weighted by Gasteiger charge is 2.19. The molecule has 0 saturated carbocycles. The Bertz CT molecular complexity index is 709. The van der Waals surface area contributed by atoms with Crippen molar-refractivity contribution in [2.24, 2.45) is 10.9 Å². The third-order valence-corrected chi connectivity index (χ3v) is 5.90. The summed E-state index contributed by atoms with van der Waals surface area (Å²) >= 11 is 1.85. The van der Waals surface area contributed by atoms with Crippen LogP contribution in [0.2, 0.25) is 0 Å². The van der Waals surface area contributed by atoms with Gasteiger partial charge >= 0.3 is 0 Å². The molecule has 3 rings (SSSR count). The van der Waals surface area contributed by atoms with E-state index in [2.05, 4.69) is 44.1 Å². The Kier molecular flexibility index (Phi) is 7.54. The zero-order chi connectivity index (χ0) is 18.9. The van der Waals surface area contributed by atoms with Crippen LogP contribution in [0.3, 0.4) is 0 Å². The minimum absolute atomic E-state index is 0.708. The van der Waals surface area contributed by atoms with E-state index >= 15 is 0 Å². The maximum atomic E-state index is 5.28. The second-order valence-corrected chi connectivity index (χ2v) is 7.99. The van der Waals surface area contributed by atoms with E-state index in [0.717, 1.165) is 31.3 Å². The van der Waals surface area contributed by atoms with Crippen LogP contribution in [-0.2, 0) is 13.1 Å². The summed E-state index contributed by atoms with van der Waals surface area (Å²) in [6.07, 6.45) is 2.48. The van der Waals surface area contributed by atoms with Crippen molar-refractivity contribution in [1.29, 1.82) is 0 Å². The van der Waals surface area contributed by atoms with Gasteiger partial charge in [-0.15, -0.1) is 11.3 Å². The first-order valence-electron chi connectivity index (χ1n) is 9.59. The highest BCUT2D eigenvalue weighted by Crippen LogP contribution is 2.20. The summed E-state index contributed by atoms with van der Waals surface area (Å²) in [4.78, 5) is 8.38. The van der Waals surface area contributed by atoms with E-state index in [4.69, 9.17) is 4.74 Å². The molecule has 0 radical (unpaired) electrons. The van der Waals surface area contributed by atoms with Gasteiger partial charge in [0.25, 0.3) is 0 Å². The monoisotopic (exact) mass is 386 g/mol. The Labute approximate surface area is 166 Å². The molecule has 0 atom stereocenters. The Balaban J connectivity index is 1.37. The molecule has 146 valence electrons. The Morgan fingerprint density at radius 2 is 2.07 bits per heavy atom. The molecule has 2 heterocycles. The summed E-state index contributed by atoms with van der Waals surface area (Å²) in [5.41, 5.74) is 1.18. The molecule has 0 bridgehead atoms. The van der Waals surface area contributed by atoms with E-state index in [1.165, 1.54) is 36.4 Å². The number of likely N-dealkylation sites (tertiary alicyclic amines) is 1. The predicted octanol–water partition coefficient (Wildman–Crippen LogP) is 3.33. The second-order valence-electron chi connectivity index (χ2n) is 6.96. The molecule has 1 aromatic carbocycles. The molecule has 1 aliphatic rings. The van der Waals surface area contributed by atoms with Crippen LogP contribution in [0.1, 0.15) is 23.3 Å². The first-order chi connectivity index (χ1) is 13.3. The maximum absolute atomic E-state index is 5.28. The smallest absolute Gasteiger partial charge is 0.191 e. The van der Waals surface area contributed by atoms with Crippen molar-refractivity contribution in [1.82, 2.24) is 15.5 Å². The number of ether oxygens (including phenoxy) is 1. The number of rotatable bonds is 7. The van der Waals surface area contributed by atoms with Crippen molar-refractivity contribution in [2.75, 3.05) is 33.8 Å². The number of guanidine groups is 1. The average molecular weight is 387 g/mol. The molecule has 0 spiro atoms. The Morgan fingerprint density at radius 3 is 2.78 bits per heavy atom. The van der Waals surface area contributed by atoms with Gasteiger partial charge in [0.2, 0.25) is 0 Å². The molecule has 1 aromatic heterocycles. The standard InChI is InChI=1S/C21H30N4OS/c1-22-21(24-15-18-5-3-6-19(13-18)26-2)23-14-17-8-10-25(11-9-17)16-20-7-4-12-27-20/h3-7,12-13,17H,8-11,14-16H2,1-2H3,(H2,22,23,24). The van der Waals surface area contributed by atoms with Crippen LogP contribution in [0.15, 0.2) is 46.8 Å². The van der Waals surface area contributed by atoms with E-state index in [-0.39, 0.29) is 0 Å². The number of hydrogen-bond acceptors (Lipinski definition) is 4. The molecule has 0 unspecified atom stereocenters. The lowest BCUT2D eigenvalue weighted by molar-refractivity contribution is 0.179. The largest absolute Gasteiger partial charge is 0.497 e. The number of nitrogens with zero attached hydrogens (tertiary/aromatic N) is 2. The average Bonchev–Trinajstić information content (AvgIpc) is 3.22. The SMILES string of the molecule is CN=C(NCc1cccc(OC)c1)NCC1CCN(Cc2cccs2)CC1. The van der Waals surface area contributed by atoms with Crippen LogP contribution < -0.4 is 15.4 Å². The normalized spacial score (nSPS) is 16.3. The van der Waals surface area contributed by atoms with Gasteiger partial charge in [0.05, 0.1) is 7.11 Å². The molecule has 2 aromatic rings. The molecule has 5 nitrogen and oxygen atoms in total. The molecule has 0 amide bonds. The summed E-state index contributed by atoms with van der Waals surface area (Å²) in [5, 5.41) is 9.04. The fraction of sp³-hybridized carbons (Fsp3) is 0.476. The summed E-state index contributed by atoms with van der Waals surface area (Å²) in [7, 11) is 3.52. The quantitative estimate of drug-likeness (QED) is 0.566. The van der Waals surface area contributed by atoms with Gasteiger partial charge in [-0.2, -0.15) is 0 Å². The topological polar surface area (TPSA) is 48.9 Å². The van der Waals surface area contributed by atoms with Gasteiger partial charge < -0.3 is 15.4 Å². The predicted molar refractivity (Wildman–Crippen MR) is 114 cm³/mol. The zero-order valence-corrected chi connectivity index (χ0v) is 17.1. The second kappa shape index (κ2) is 10.3. The Hall–Kier alpha value is -2.05. The summed E-state index contributed by atoms with van der Waals surface area (Å²) < 4.78 is 5.28. The van der Waals surface area contributed by atoms with Crippen molar-refractivity contribution < 1.29 is 4.74 Å². The minimum Gasteiger partial charge on any atom is -0.497 e. The molecule has 1 saturated heterocycles. The summed E-state index contributed by atoms with van der Waals surface area (Å²) in [6.45, 7) is 5.17. The zero-order valence-electron chi connectivity index (χ0n) is 16.3. The summed E-state index contributed by atoms with van der Waals surface area (Å²) in [5.74, 6) is 2.45. The Morgan fingerprint density at radius 1 is 1.22 bits per heavy atom. The first-order valence-corrected chi connectivity index (χ1v) is 10.5. The van der Waals surface area contributed by atoms with Crippen molar-refractivity contribution in [3.63, 3.8) is 0 Å². The fourth-order valence-corrected chi connectivity index (χ4v) is 4.15. The molecule has 2 N–H and O–H groups in total. The molecule has 1 fully saturated rings. The molecule has 27 heavy (non-hydrogen) atoms. The highest BCUT2D eigenvalue weighted by atomic mass is 32.1. The number of piperidine rings is 1. The molecule has 0 aliphatic carbocycles. The van der Waals surface area contributed by atoms with Crippen molar-refractivity contribution in [3.05, 3.63) is 52.2 Å². The lowest BCUT2D eigenvalue weighted by atomic mass is 9.97. The third kappa shape index (κ3) is 6.26. The number of aliphatic imine (C=N–C) groups is 1.